The summed E-state index contributed by atoms with van der Waals surface area (Å²) in [6.45, 7) is 0.252. The van der Waals surface area contributed by atoms with Gasteiger partial charge in [0.05, 0.1) is 22.7 Å². The van der Waals surface area contributed by atoms with Gasteiger partial charge in [-0.1, -0.05) is 12.1 Å². The van der Waals surface area contributed by atoms with Crippen LogP contribution in [0.2, 0.25) is 0 Å². The summed E-state index contributed by atoms with van der Waals surface area (Å²) in [6, 6.07) is 13.5. The van der Waals surface area contributed by atoms with E-state index in [1.54, 1.807) is 30.3 Å². The normalized spacial score (nSPS) is 13.7. The Morgan fingerprint density at radius 3 is 2.48 bits per heavy atom. The minimum Gasteiger partial charge on any atom is -0.478 e. The van der Waals surface area contributed by atoms with Crippen molar-refractivity contribution in [2.75, 3.05) is 9.79 Å². The van der Waals surface area contributed by atoms with E-state index in [4.69, 9.17) is 10.8 Å². The minimum absolute atomic E-state index is 0.00494. The monoisotopic (exact) mass is 412 g/mol. The summed E-state index contributed by atoms with van der Waals surface area (Å²) < 4.78 is 27.8. The number of nitrogens with zero attached hydrogens (tertiary/aromatic N) is 2. The molecule has 0 fully saturated rings. The van der Waals surface area contributed by atoms with Crippen LogP contribution in [-0.2, 0) is 16.6 Å². The number of hydroxylamine groups is 1. The first-order valence-electron chi connectivity index (χ1n) is 8.47. The van der Waals surface area contributed by atoms with E-state index in [2.05, 4.69) is 9.71 Å². The first-order chi connectivity index (χ1) is 13.8. The second-order valence-electron chi connectivity index (χ2n) is 6.42. The highest BCUT2D eigenvalue weighted by Crippen LogP contribution is 2.33. The van der Waals surface area contributed by atoms with Crippen molar-refractivity contribution in [1.82, 2.24) is 0 Å². The SMILES string of the molecule is NC1=NCc2c(ccc3ccc(NS(=O)(=O)c4ccc(C(=O)O)cc4)cc23)N1O. The number of sulfonamides is 1. The lowest BCUT2D eigenvalue weighted by molar-refractivity contribution is 0.0696. The molecule has 1 heterocycles. The van der Waals surface area contributed by atoms with Gasteiger partial charge in [-0.25, -0.2) is 18.2 Å². The number of guanidine groups is 1. The predicted octanol–water partition coefficient (Wildman–Crippen LogP) is 2.36. The van der Waals surface area contributed by atoms with Crippen LogP contribution in [0.15, 0.2) is 64.5 Å². The molecule has 3 aromatic carbocycles. The maximum Gasteiger partial charge on any atom is 0.335 e. The smallest absolute Gasteiger partial charge is 0.335 e. The van der Waals surface area contributed by atoms with Gasteiger partial charge in [-0.3, -0.25) is 9.93 Å². The fraction of sp³-hybridized carbons (Fsp3) is 0.0526. The Labute approximate surface area is 165 Å². The van der Waals surface area contributed by atoms with Gasteiger partial charge < -0.3 is 10.8 Å². The van der Waals surface area contributed by atoms with E-state index in [-0.39, 0.29) is 23.0 Å². The number of nitrogens with two attached hydrogens (primary N) is 1. The molecule has 9 nitrogen and oxygen atoms in total. The van der Waals surface area contributed by atoms with Crippen molar-refractivity contribution in [3.8, 4) is 0 Å². The lowest BCUT2D eigenvalue weighted by atomic mass is 10.0. The molecule has 0 saturated carbocycles. The second kappa shape index (κ2) is 6.76. The second-order valence-corrected chi connectivity index (χ2v) is 8.10. The van der Waals surface area contributed by atoms with Gasteiger partial charge >= 0.3 is 5.97 Å². The lowest BCUT2D eigenvalue weighted by Gasteiger charge is -2.24. The van der Waals surface area contributed by atoms with Gasteiger partial charge in [0.25, 0.3) is 10.0 Å². The first-order valence-corrected chi connectivity index (χ1v) is 9.95. The number of fused-ring (bicyclic) bond motifs is 3. The highest BCUT2D eigenvalue weighted by atomic mass is 32.2. The third kappa shape index (κ3) is 3.35. The van der Waals surface area contributed by atoms with E-state index in [0.717, 1.165) is 15.8 Å². The fourth-order valence-corrected chi connectivity index (χ4v) is 4.19. The van der Waals surface area contributed by atoms with E-state index >= 15 is 0 Å². The van der Waals surface area contributed by atoms with Crippen molar-refractivity contribution >= 4 is 44.1 Å². The van der Waals surface area contributed by atoms with Crippen LogP contribution >= 0.6 is 0 Å². The van der Waals surface area contributed by atoms with Gasteiger partial charge in [0, 0.05) is 11.3 Å². The van der Waals surface area contributed by atoms with Crippen LogP contribution in [0.3, 0.4) is 0 Å². The molecule has 1 aliphatic rings. The molecule has 10 heteroatoms. The molecular weight excluding hydrogens is 396 g/mol. The number of hydrogen-bond donors (Lipinski definition) is 4. The van der Waals surface area contributed by atoms with Gasteiger partial charge in [0.15, 0.2) is 0 Å². The Morgan fingerprint density at radius 2 is 1.79 bits per heavy atom. The Hall–Kier alpha value is -3.63. The topological polar surface area (TPSA) is 145 Å². The summed E-state index contributed by atoms with van der Waals surface area (Å²) in [6.07, 6.45) is 0. The summed E-state index contributed by atoms with van der Waals surface area (Å²) in [5.74, 6) is -1.15. The van der Waals surface area contributed by atoms with Crippen molar-refractivity contribution < 1.29 is 23.5 Å². The summed E-state index contributed by atoms with van der Waals surface area (Å²) in [7, 11) is -3.92. The maximum absolute atomic E-state index is 12.7. The van der Waals surface area contributed by atoms with E-state index < -0.39 is 16.0 Å². The average molecular weight is 412 g/mol. The molecule has 29 heavy (non-hydrogen) atoms. The van der Waals surface area contributed by atoms with Crippen molar-refractivity contribution in [2.45, 2.75) is 11.4 Å². The van der Waals surface area contributed by atoms with Crippen molar-refractivity contribution in [3.63, 3.8) is 0 Å². The molecule has 0 bridgehead atoms. The zero-order valence-electron chi connectivity index (χ0n) is 14.9. The number of aromatic carboxylic acids is 1. The standard InChI is InChI=1S/C19H16N4O5S/c20-19-21-10-16-15-9-13(5-1-11(15)4-8-17(16)23(19)26)22-29(27,28)14-6-2-12(3-7-14)18(24)25/h1-9,22,26H,10H2,(H2,20,21)(H,24,25). The number of carbonyl (C=O) groups is 1. The van der Waals surface area contributed by atoms with Gasteiger partial charge in [-0.2, -0.15) is 5.06 Å². The Bertz CT molecular complexity index is 1270. The summed E-state index contributed by atoms with van der Waals surface area (Å²) in [4.78, 5) is 14.9. The predicted molar refractivity (Wildman–Crippen MR) is 108 cm³/mol. The third-order valence-electron chi connectivity index (χ3n) is 4.62. The van der Waals surface area contributed by atoms with E-state index in [1.165, 1.54) is 24.3 Å². The number of rotatable bonds is 4. The highest BCUT2D eigenvalue weighted by Gasteiger charge is 2.21. The summed E-state index contributed by atoms with van der Waals surface area (Å²) >= 11 is 0. The molecule has 1 aliphatic heterocycles. The molecule has 4 rings (SSSR count). The zero-order valence-corrected chi connectivity index (χ0v) is 15.7. The number of carboxylic acids is 1. The van der Waals surface area contributed by atoms with Crippen LogP contribution in [0.25, 0.3) is 10.8 Å². The summed E-state index contributed by atoms with van der Waals surface area (Å²) in [5.41, 5.74) is 7.15. The molecule has 5 N–H and O–H groups in total. The van der Waals surface area contributed by atoms with Crippen LogP contribution in [0.1, 0.15) is 15.9 Å². The minimum atomic E-state index is -3.92. The van der Waals surface area contributed by atoms with E-state index in [1.807, 2.05) is 0 Å². The third-order valence-corrected chi connectivity index (χ3v) is 6.01. The van der Waals surface area contributed by atoms with Crippen LogP contribution in [-0.4, -0.2) is 30.7 Å². The van der Waals surface area contributed by atoms with Gasteiger partial charge in [-0.05, 0) is 53.2 Å². The fourth-order valence-electron chi connectivity index (χ4n) is 3.14. The molecular formula is C19H16N4O5S. The molecule has 148 valence electrons. The quantitative estimate of drug-likeness (QED) is 0.514. The molecule has 0 unspecified atom stereocenters. The largest absolute Gasteiger partial charge is 0.478 e. The van der Waals surface area contributed by atoms with Gasteiger partial charge in [0.2, 0.25) is 5.96 Å². The molecule has 0 amide bonds. The van der Waals surface area contributed by atoms with Crippen LogP contribution in [0.5, 0.6) is 0 Å². The Kier molecular flexibility index (Phi) is 4.36. The molecule has 0 radical (unpaired) electrons. The molecule has 0 saturated heterocycles. The van der Waals surface area contributed by atoms with Gasteiger partial charge in [0.1, 0.15) is 0 Å². The molecule has 3 aromatic rings. The first kappa shape index (κ1) is 18.7. The lowest BCUT2D eigenvalue weighted by Crippen LogP contribution is -2.37. The summed E-state index contributed by atoms with van der Waals surface area (Å²) in [5, 5.41) is 21.4. The molecule has 0 spiro atoms. The number of aliphatic imine (C=N–C) groups is 1. The van der Waals surface area contributed by atoms with E-state index in [0.29, 0.717) is 16.9 Å². The van der Waals surface area contributed by atoms with Crippen LogP contribution in [0.4, 0.5) is 11.4 Å². The zero-order chi connectivity index (χ0) is 20.8. The number of anilines is 2. The molecule has 0 aromatic heterocycles. The number of benzene rings is 3. The Balaban J connectivity index is 1.71. The van der Waals surface area contributed by atoms with Crippen LogP contribution in [0, 0.1) is 0 Å². The van der Waals surface area contributed by atoms with Crippen molar-refractivity contribution in [3.05, 3.63) is 65.7 Å². The highest BCUT2D eigenvalue weighted by molar-refractivity contribution is 7.92. The van der Waals surface area contributed by atoms with Gasteiger partial charge in [-0.15, -0.1) is 0 Å². The number of nitrogens with one attached hydrogen (secondary N) is 1. The molecule has 0 atom stereocenters. The van der Waals surface area contributed by atoms with E-state index in [9.17, 15) is 18.4 Å². The Morgan fingerprint density at radius 1 is 1.10 bits per heavy atom. The van der Waals surface area contributed by atoms with Crippen LogP contribution < -0.4 is 15.5 Å². The average Bonchev–Trinajstić information content (AvgIpc) is 2.70. The number of carboxylic acid groups (broad SMARTS) is 1. The number of hydrogen-bond acceptors (Lipinski definition) is 7. The maximum atomic E-state index is 12.7. The van der Waals surface area contributed by atoms with Crippen molar-refractivity contribution in [1.29, 1.82) is 0 Å². The van der Waals surface area contributed by atoms with Crippen molar-refractivity contribution in [2.24, 2.45) is 10.7 Å². The molecule has 0 aliphatic carbocycles.